The summed E-state index contributed by atoms with van der Waals surface area (Å²) in [6, 6.07) is 1.56. The first-order valence-electron chi connectivity index (χ1n) is 4.43. The van der Waals surface area contributed by atoms with Gasteiger partial charge in [0.1, 0.15) is 0 Å². The Morgan fingerprint density at radius 3 is 3.20 bits per heavy atom. The third-order valence-electron chi connectivity index (χ3n) is 2.04. The van der Waals surface area contributed by atoms with Gasteiger partial charge in [0, 0.05) is 0 Å². The number of nitrogens with two attached hydrogens (primary N) is 1. The molecule has 2 heterocycles. The van der Waals surface area contributed by atoms with Gasteiger partial charge in [0.05, 0.1) is 0 Å². The van der Waals surface area contributed by atoms with Crippen LogP contribution in [0.25, 0.3) is 0 Å². The molecule has 82 valence electrons. The van der Waals surface area contributed by atoms with Gasteiger partial charge in [-0.25, -0.2) is 0 Å². The fourth-order valence-corrected chi connectivity index (χ4v) is 3.28. The van der Waals surface area contributed by atoms with Crippen LogP contribution in [0.2, 0.25) is 5.32 Å². The van der Waals surface area contributed by atoms with Crippen LogP contribution in [-0.4, -0.2) is 41.2 Å². The second kappa shape index (κ2) is 4.32. The SMILES string of the molecule is Nc1ccn([C@H]2C[Se][C@H](CO)O2)c(=O)n1. The van der Waals surface area contributed by atoms with Crippen molar-refractivity contribution >= 4 is 20.8 Å². The molecule has 2 rings (SSSR count). The van der Waals surface area contributed by atoms with Crippen molar-refractivity contribution in [3.63, 3.8) is 0 Å². The number of aliphatic hydroxyl groups excluding tert-OH is 1. The van der Waals surface area contributed by atoms with Crippen LogP contribution in [-0.2, 0) is 4.74 Å². The van der Waals surface area contributed by atoms with Gasteiger partial charge >= 0.3 is 91.8 Å². The topological polar surface area (TPSA) is 90.4 Å². The van der Waals surface area contributed by atoms with Crippen molar-refractivity contribution in [1.29, 1.82) is 0 Å². The number of hydrogen-bond donors (Lipinski definition) is 2. The summed E-state index contributed by atoms with van der Waals surface area (Å²) in [6.45, 7) is 0.00759. The normalized spacial score (nSPS) is 25.7. The Kier molecular flexibility index (Phi) is 3.06. The van der Waals surface area contributed by atoms with Gasteiger partial charge in [-0.3, -0.25) is 0 Å². The third kappa shape index (κ3) is 2.21. The number of anilines is 1. The van der Waals surface area contributed by atoms with E-state index in [1.807, 2.05) is 0 Å². The van der Waals surface area contributed by atoms with Crippen LogP contribution in [0, 0.1) is 0 Å². The molecule has 7 heteroatoms. The van der Waals surface area contributed by atoms with Crippen molar-refractivity contribution in [2.24, 2.45) is 0 Å². The van der Waals surface area contributed by atoms with E-state index in [1.54, 1.807) is 12.3 Å². The Morgan fingerprint density at radius 1 is 1.80 bits per heavy atom. The van der Waals surface area contributed by atoms with Crippen molar-refractivity contribution in [3.8, 4) is 0 Å². The van der Waals surface area contributed by atoms with E-state index in [0.717, 1.165) is 5.32 Å². The molecule has 15 heavy (non-hydrogen) atoms. The molecule has 0 radical (unpaired) electrons. The third-order valence-corrected chi connectivity index (χ3v) is 4.37. The molecule has 1 aliphatic rings. The molecule has 0 spiro atoms. The Hall–Kier alpha value is -0.881. The van der Waals surface area contributed by atoms with Crippen LogP contribution < -0.4 is 11.4 Å². The molecule has 1 aromatic rings. The molecule has 0 aromatic carbocycles. The molecule has 2 atom stereocenters. The number of ether oxygens (including phenoxy) is 1. The minimum atomic E-state index is -0.408. The van der Waals surface area contributed by atoms with Crippen LogP contribution in [0.15, 0.2) is 17.1 Å². The van der Waals surface area contributed by atoms with Gasteiger partial charge < -0.3 is 0 Å². The summed E-state index contributed by atoms with van der Waals surface area (Å²) >= 11 is 0.209. The maximum atomic E-state index is 11.5. The summed E-state index contributed by atoms with van der Waals surface area (Å²) in [5.74, 6) is 0.207. The summed E-state index contributed by atoms with van der Waals surface area (Å²) < 4.78 is 6.89. The Balaban J connectivity index is 2.20. The van der Waals surface area contributed by atoms with E-state index in [4.69, 9.17) is 15.6 Å². The summed E-state index contributed by atoms with van der Waals surface area (Å²) in [5, 5.41) is 9.56. The zero-order chi connectivity index (χ0) is 10.8. The Labute approximate surface area is 92.2 Å². The molecule has 0 aliphatic carbocycles. The van der Waals surface area contributed by atoms with Crippen LogP contribution in [0.1, 0.15) is 6.23 Å². The van der Waals surface area contributed by atoms with Gasteiger partial charge in [-0.15, -0.1) is 0 Å². The van der Waals surface area contributed by atoms with E-state index in [2.05, 4.69) is 4.98 Å². The molecular weight excluding hydrogens is 265 g/mol. The van der Waals surface area contributed by atoms with E-state index in [-0.39, 0.29) is 38.6 Å². The van der Waals surface area contributed by atoms with Gasteiger partial charge in [-0.05, 0) is 0 Å². The second-order valence-corrected chi connectivity index (χ2v) is 5.58. The molecule has 3 N–H and O–H groups in total. The molecule has 1 aromatic heterocycles. The van der Waals surface area contributed by atoms with E-state index in [0.29, 0.717) is 0 Å². The first-order chi connectivity index (χ1) is 7.20. The van der Waals surface area contributed by atoms with Crippen LogP contribution in [0.3, 0.4) is 0 Å². The first-order valence-corrected chi connectivity index (χ1v) is 6.63. The molecule has 1 fully saturated rings. The summed E-state index contributed by atoms with van der Waals surface area (Å²) in [4.78, 5) is 15.1. The van der Waals surface area contributed by atoms with E-state index >= 15 is 0 Å². The van der Waals surface area contributed by atoms with Crippen LogP contribution in [0.5, 0.6) is 0 Å². The number of aliphatic hydroxyl groups is 1. The first kappa shape index (κ1) is 10.6. The number of rotatable bonds is 2. The van der Waals surface area contributed by atoms with Crippen molar-refractivity contribution in [1.82, 2.24) is 9.55 Å². The fourth-order valence-electron chi connectivity index (χ4n) is 1.33. The van der Waals surface area contributed by atoms with E-state index in [9.17, 15) is 4.79 Å². The molecule has 0 saturated carbocycles. The summed E-state index contributed by atoms with van der Waals surface area (Å²) in [7, 11) is 0. The Morgan fingerprint density at radius 2 is 2.60 bits per heavy atom. The molecule has 1 saturated heterocycles. The number of nitrogens with zero attached hydrogens (tertiary/aromatic N) is 2. The fraction of sp³-hybridized carbons (Fsp3) is 0.500. The molecule has 1 aliphatic heterocycles. The standard InChI is InChI=1S/C8H11N3O3Se/c9-5-1-2-11(8(13)10-5)6-4-15-7(3-12)14-6/h1-2,6-7,12H,3-4H2,(H2,9,10,13)/t6-,7-/m1/s1. The summed E-state index contributed by atoms with van der Waals surface area (Å²) in [5.41, 5.74) is 4.97. The zero-order valence-electron chi connectivity index (χ0n) is 7.87. The molecule has 0 bridgehead atoms. The van der Waals surface area contributed by atoms with Gasteiger partial charge in [-0.2, -0.15) is 0 Å². The second-order valence-electron chi connectivity index (χ2n) is 3.08. The van der Waals surface area contributed by atoms with Crippen molar-refractivity contribution in [3.05, 3.63) is 22.7 Å². The van der Waals surface area contributed by atoms with E-state index in [1.165, 1.54) is 4.57 Å². The average Bonchev–Trinajstić information content (AvgIpc) is 2.66. The molecular formula is C8H11N3O3Se. The van der Waals surface area contributed by atoms with E-state index < -0.39 is 5.69 Å². The number of hydrogen-bond acceptors (Lipinski definition) is 5. The number of aromatic nitrogens is 2. The predicted octanol–water partition coefficient (Wildman–Crippen LogP) is -1.20. The van der Waals surface area contributed by atoms with Gasteiger partial charge in [0.2, 0.25) is 0 Å². The quantitative estimate of drug-likeness (QED) is 0.662. The van der Waals surface area contributed by atoms with Crippen LogP contribution in [0.4, 0.5) is 5.82 Å². The molecule has 0 unspecified atom stereocenters. The van der Waals surface area contributed by atoms with Gasteiger partial charge in [0.15, 0.2) is 0 Å². The van der Waals surface area contributed by atoms with Gasteiger partial charge in [-0.1, -0.05) is 0 Å². The minimum absolute atomic E-state index is 0.00759. The Bertz CT molecular complexity index is 408. The van der Waals surface area contributed by atoms with Crippen molar-refractivity contribution in [2.75, 3.05) is 12.3 Å². The average molecular weight is 276 g/mol. The summed E-state index contributed by atoms with van der Waals surface area (Å²) in [6.07, 6.45) is 1.27. The van der Waals surface area contributed by atoms with Crippen LogP contribution >= 0.6 is 0 Å². The van der Waals surface area contributed by atoms with Gasteiger partial charge in [0.25, 0.3) is 0 Å². The number of nitrogen functional groups attached to an aromatic ring is 1. The van der Waals surface area contributed by atoms with Crippen molar-refractivity contribution in [2.45, 2.75) is 16.5 Å². The molecule has 0 amide bonds. The maximum absolute atomic E-state index is 11.5. The van der Waals surface area contributed by atoms with Crippen molar-refractivity contribution < 1.29 is 9.84 Å². The monoisotopic (exact) mass is 277 g/mol. The zero-order valence-corrected chi connectivity index (χ0v) is 9.58. The molecule has 6 nitrogen and oxygen atoms in total. The predicted molar refractivity (Wildman–Crippen MR) is 54.5 cm³/mol.